The highest BCUT2D eigenvalue weighted by molar-refractivity contribution is 5.98. The minimum Gasteiger partial charge on any atom is -0.380 e. The van der Waals surface area contributed by atoms with Crippen molar-refractivity contribution >= 4 is 17.5 Å². The molecule has 0 saturated heterocycles. The van der Waals surface area contributed by atoms with E-state index >= 15 is 0 Å². The van der Waals surface area contributed by atoms with Gasteiger partial charge in [-0.2, -0.15) is 0 Å². The van der Waals surface area contributed by atoms with Gasteiger partial charge in [-0.25, -0.2) is 0 Å². The number of nitrogens with one attached hydrogen (secondary N) is 1. The van der Waals surface area contributed by atoms with Crippen LogP contribution in [0.5, 0.6) is 0 Å². The largest absolute Gasteiger partial charge is 0.380 e. The SMILES string of the molecule is COC(CN)CC(=O)Nc1cccc(C(N)=O)c1C. The molecule has 1 unspecified atom stereocenters. The average Bonchev–Trinajstić information content (AvgIpc) is 2.38. The maximum absolute atomic E-state index is 11.8. The van der Waals surface area contributed by atoms with Crippen molar-refractivity contribution < 1.29 is 14.3 Å². The topological polar surface area (TPSA) is 107 Å². The lowest BCUT2D eigenvalue weighted by atomic mass is 10.1. The molecule has 0 aliphatic heterocycles. The number of carbonyl (C=O) groups is 2. The van der Waals surface area contributed by atoms with Crippen LogP contribution in [0.3, 0.4) is 0 Å². The van der Waals surface area contributed by atoms with Crippen molar-refractivity contribution in [3.8, 4) is 0 Å². The van der Waals surface area contributed by atoms with E-state index < -0.39 is 5.91 Å². The first-order valence-electron chi connectivity index (χ1n) is 5.91. The molecule has 5 N–H and O–H groups in total. The highest BCUT2D eigenvalue weighted by Crippen LogP contribution is 2.19. The number of nitrogens with two attached hydrogens (primary N) is 2. The summed E-state index contributed by atoms with van der Waals surface area (Å²) in [5.41, 5.74) is 12.3. The zero-order chi connectivity index (χ0) is 14.4. The van der Waals surface area contributed by atoms with E-state index in [2.05, 4.69) is 5.32 Å². The summed E-state index contributed by atoms with van der Waals surface area (Å²) in [6, 6.07) is 4.99. The lowest BCUT2D eigenvalue weighted by molar-refractivity contribution is -0.118. The van der Waals surface area contributed by atoms with E-state index in [-0.39, 0.29) is 25.0 Å². The van der Waals surface area contributed by atoms with Crippen molar-refractivity contribution in [3.63, 3.8) is 0 Å². The van der Waals surface area contributed by atoms with E-state index in [1.54, 1.807) is 25.1 Å². The molecule has 0 heterocycles. The normalized spacial score (nSPS) is 11.9. The number of primary amides is 1. The fraction of sp³-hybridized carbons (Fsp3) is 0.385. The molecule has 2 amide bonds. The van der Waals surface area contributed by atoms with Gasteiger partial charge < -0.3 is 21.5 Å². The van der Waals surface area contributed by atoms with Crippen LogP contribution in [-0.2, 0) is 9.53 Å². The van der Waals surface area contributed by atoms with Crippen LogP contribution in [0.4, 0.5) is 5.69 Å². The summed E-state index contributed by atoms with van der Waals surface area (Å²) in [6.07, 6.45) is -0.160. The van der Waals surface area contributed by atoms with Crippen molar-refractivity contribution in [1.29, 1.82) is 0 Å². The van der Waals surface area contributed by atoms with Crippen LogP contribution in [-0.4, -0.2) is 31.6 Å². The van der Waals surface area contributed by atoms with Gasteiger partial charge in [-0.1, -0.05) is 6.07 Å². The van der Waals surface area contributed by atoms with Gasteiger partial charge in [0, 0.05) is 24.9 Å². The number of carbonyl (C=O) groups excluding carboxylic acids is 2. The Bertz CT molecular complexity index is 470. The summed E-state index contributed by atoms with van der Waals surface area (Å²) in [6.45, 7) is 2.00. The molecule has 1 atom stereocenters. The van der Waals surface area contributed by atoms with Crippen molar-refractivity contribution in [2.45, 2.75) is 19.4 Å². The summed E-state index contributed by atoms with van der Waals surface area (Å²) in [7, 11) is 1.50. The Morgan fingerprint density at radius 1 is 1.42 bits per heavy atom. The summed E-state index contributed by atoms with van der Waals surface area (Å²) in [5.74, 6) is -0.743. The summed E-state index contributed by atoms with van der Waals surface area (Å²) in [5, 5.41) is 2.72. The number of hydrogen-bond donors (Lipinski definition) is 3. The van der Waals surface area contributed by atoms with Gasteiger partial charge in [0.15, 0.2) is 0 Å². The third kappa shape index (κ3) is 4.04. The van der Waals surface area contributed by atoms with Crippen molar-refractivity contribution in [2.75, 3.05) is 19.0 Å². The Hall–Kier alpha value is -1.92. The molecule has 0 saturated carbocycles. The van der Waals surface area contributed by atoms with Gasteiger partial charge in [0.1, 0.15) is 0 Å². The van der Waals surface area contributed by atoms with Crippen LogP contribution in [0.15, 0.2) is 18.2 Å². The first-order valence-corrected chi connectivity index (χ1v) is 5.91. The summed E-state index contributed by atoms with van der Waals surface area (Å²) in [4.78, 5) is 23.0. The van der Waals surface area contributed by atoms with E-state index in [1.165, 1.54) is 7.11 Å². The van der Waals surface area contributed by atoms with Crippen LogP contribution < -0.4 is 16.8 Å². The second kappa shape index (κ2) is 6.86. The number of ether oxygens (including phenoxy) is 1. The lowest BCUT2D eigenvalue weighted by Crippen LogP contribution is -2.28. The van der Waals surface area contributed by atoms with Crippen molar-refractivity contribution in [3.05, 3.63) is 29.3 Å². The van der Waals surface area contributed by atoms with Gasteiger partial charge in [-0.15, -0.1) is 0 Å². The summed E-state index contributed by atoms with van der Waals surface area (Å²) < 4.78 is 5.04. The number of benzene rings is 1. The Kier molecular flexibility index (Phi) is 5.47. The molecule has 0 radical (unpaired) electrons. The maximum Gasteiger partial charge on any atom is 0.249 e. The predicted octanol–water partition coefficient (Wildman–Crippen LogP) is 0.396. The molecule has 0 aliphatic rings. The molecule has 0 aliphatic carbocycles. The Morgan fingerprint density at radius 3 is 2.63 bits per heavy atom. The van der Waals surface area contributed by atoms with E-state index in [0.29, 0.717) is 16.8 Å². The molecular weight excluding hydrogens is 246 g/mol. The number of anilines is 1. The zero-order valence-corrected chi connectivity index (χ0v) is 11.1. The van der Waals surface area contributed by atoms with Crippen molar-refractivity contribution in [2.24, 2.45) is 11.5 Å². The Labute approximate surface area is 112 Å². The van der Waals surface area contributed by atoms with Gasteiger partial charge in [-0.05, 0) is 24.6 Å². The predicted molar refractivity (Wildman–Crippen MR) is 72.8 cm³/mol. The first-order chi connectivity index (χ1) is 8.99. The van der Waals surface area contributed by atoms with Crippen LogP contribution >= 0.6 is 0 Å². The molecule has 6 nitrogen and oxygen atoms in total. The van der Waals surface area contributed by atoms with E-state index in [4.69, 9.17) is 16.2 Å². The quantitative estimate of drug-likeness (QED) is 0.691. The monoisotopic (exact) mass is 265 g/mol. The van der Waals surface area contributed by atoms with E-state index in [0.717, 1.165) is 0 Å². The van der Waals surface area contributed by atoms with Gasteiger partial charge in [0.25, 0.3) is 0 Å². The molecular formula is C13H19N3O3. The third-order valence-corrected chi connectivity index (χ3v) is 2.88. The van der Waals surface area contributed by atoms with Crippen LogP contribution in [0.2, 0.25) is 0 Å². The molecule has 0 aromatic heterocycles. The molecule has 0 bridgehead atoms. The highest BCUT2D eigenvalue weighted by atomic mass is 16.5. The molecule has 104 valence electrons. The highest BCUT2D eigenvalue weighted by Gasteiger charge is 2.14. The smallest absolute Gasteiger partial charge is 0.249 e. The second-order valence-electron chi connectivity index (χ2n) is 4.19. The molecule has 1 rings (SSSR count). The van der Waals surface area contributed by atoms with Gasteiger partial charge in [0.2, 0.25) is 11.8 Å². The standard InChI is InChI=1S/C13H19N3O3/c1-8-10(13(15)18)4-3-5-11(8)16-12(17)6-9(7-14)19-2/h3-5,9H,6-7,14H2,1-2H3,(H2,15,18)(H,16,17). The van der Waals surface area contributed by atoms with Crippen molar-refractivity contribution in [1.82, 2.24) is 0 Å². The van der Waals surface area contributed by atoms with Crippen LogP contribution in [0.1, 0.15) is 22.3 Å². The molecule has 0 spiro atoms. The van der Waals surface area contributed by atoms with E-state index in [9.17, 15) is 9.59 Å². The molecule has 6 heteroatoms. The number of hydrogen-bond acceptors (Lipinski definition) is 4. The lowest BCUT2D eigenvalue weighted by Gasteiger charge is -2.14. The molecule has 19 heavy (non-hydrogen) atoms. The van der Waals surface area contributed by atoms with Gasteiger partial charge in [0.05, 0.1) is 12.5 Å². The Morgan fingerprint density at radius 2 is 2.11 bits per heavy atom. The fourth-order valence-electron chi connectivity index (χ4n) is 1.71. The van der Waals surface area contributed by atoms with Gasteiger partial charge >= 0.3 is 0 Å². The van der Waals surface area contributed by atoms with Crippen LogP contribution in [0, 0.1) is 6.92 Å². The minimum atomic E-state index is -0.523. The zero-order valence-electron chi connectivity index (χ0n) is 11.1. The Balaban J connectivity index is 2.80. The van der Waals surface area contributed by atoms with E-state index in [1.807, 2.05) is 0 Å². The maximum atomic E-state index is 11.8. The number of methoxy groups -OCH3 is 1. The molecule has 1 aromatic carbocycles. The second-order valence-corrected chi connectivity index (χ2v) is 4.19. The number of rotatable bonds is 6. The summed E-state index contributed by atoms with van der Waals surface area (Å²) >= 11 is 0. The molecule has 0 fully saturated rings. The fourth-order valence-corrected chi connectivity index (χ4v) is 1.71. The van der Waals surface area contributed by atoms with Gasteiger partial charge in [-0.3, -0.25) is 9.59 Å². The minimum absolute atomic E-state index is 0.160. The number of amides is 2. The first kappa shape index (κ1) is 15.1. The third-order valence-electron chi connectivity index (χ3n) is 2.88. The molecule has 1 aromatic rings. The van der Waals surface area contributed by atoms with Crippen LogP contribution in [0.25, 0.3) is 0 Å². The average molecular weight is 265 g/mol.